The molecule has 50 heavy (non-hydrogen) atoms. The molecule has 0 aliphatic carbocycles. The Morgan fingerprint density at radius 1 is 0.280 bits per heavy atom. The quantitative estimate of drug-likeness (QED) is 0.182. The van der Waals surface area contributed by atoms with Crippen molar-refractivity contribution in [2.45, 2.75) is 0 Å². The topological polar surface area (TPSA) is 25.8 Å². The van der Waals surface area contributed by atoms with Gasteiger partial charge in [-0.25, -0.2) is 9.97 Å². The smallest absolute Gasteiger partial charge is 0.160 e. The lowest BCUT2D eigenvalue weighted by atomic mass is 9.98. The third-order valence-corrected chi connectivity index (χ3v) is 11.8. The molecule has 7 aromatic carbocycles. The molecular formula is C46H28N2S2. The SMILES string of the molecule is c1ccc(-c2cccc(-c3ccc(-c4nc(-c5ccc6c(c5)sc5ccccc56)cc(-c5ccc6c(c5)sc5ccccc56)n4)cc3)c2)cc1. The van der Waals surface area contributed by atoms with Gasteiger partial charge in [0.05, 0.1) is 11.4 Å². The molecule has 0 radical (unpaired) electrons. The van der Waals surface area contributed by atoms with E-state index in [2.05, 4.69) is 170 Å². The molecule has 3 heterocycles. The van der Waals surface area contributed by atoms with Crippen molar-refractivity contribution in [3.8, 4) is 56.2 Å². The van der Waals surface area contributed by atoms with E-state index in [1.165, 1.54) is 57.0 Å². The van der Waals surface area contributed by atoms with Gasteiger partial charge in [0.25, 0.3) is 0 Å². The number of hydrogen-bond acceptors (Lipinski definition) is 4. The normalized spacial score (nSPS) is 11.6. The molecule has 10 rings (SSSR count). The molecule has 10 aromatic rings. The number of hydrogen-bond donors (Lipinski definition) is 0. The van der Waals surface area contributed by atoms with Gasteiger partial charge in [-0.05, 0) is 58.7 Å². The number of thiophene rings is 2. The summed E-state index contributed by atoms with van der Waals surface area (Å²) in [7, 11) is 0. The van der Waals surface area contributed by atoms with Gasteiger partial charge in [-0.1, -0.05) is 133 Å². The van der Waals surface area contributed by atoms with Gasteiger partial charge in [0.1, 0.15) is 0 Å². The summed E-state index contributed by atoms with van der Waals surface area (Å²) in [5.41, 5.74) is 9.76. The van der Waals surface area contributed by atoms with Gasteiger partial charge in [-0.2, -0.15) is 0 Å². The highest BCUT2D eigenvalue weighted by molar-refractivity contribution is 7.26. The second-order valence-corrected chi connectivity index (χ2v) is 14.8. The first-order valence-corrected chi connectivity index (χ1v) is 18.4. The number of fused-ring (bicyclic) bond motifs is 6. The molecule has 0 aliphatic heterocycles. The molecule has 0 saturated heterocycles. The Morgan fingerprint density at radius 3 is 1.30 bits per heavy atom. The average molecular weight is 673 g/mol. The fourth-order valence-electron chi connectivity index (χ4n) is 6.96. The van der Waals surface area contributed by atoms with Crippen LogP contribution in [0.15, 0.2) is 170 Å². The van der Waals surface area contributed by atoms with Crippen LogP contribution in [0.5, 0.6) is 0 Å². The van der Waals surface area contributed by atoms with Crippen molar-refractivity contribution < 1.29 is 0 Å². The van der Waals surface area contributed by atoms with Crippen LogP contribution in [0.1, 0.15) is 0 Å². The van der Waals surface area contributed by atoms with Gasteiger partial charge in [0.2, 0.25) is 0 Å². The summed E-state index contributed by atoms with van der Waals surface area (Å²) in [6, 6.07) is 60.8. The third-order valence-electron chi connectivity index (χ3n) is 9.52. The second-order valence-electron chi connectivity index (χ2n) is 12.6. The van der Waals surface area contributed by atoms with Crippen LogP contribution in [-0.4, -0.2) is 9.97 Å². The molecule has 0 aliphatic rings. The summed E-state index contributed by atoms with van der Waals surface area (Å²) < 4.78 is 5.13. The molecule has 3 aromatic heterocycles. The second kappa shape index (κ2) is 11.9. The molecule has 0 amide bonds. The van der Waals surface area contributed by atoms with E-state index in [4.69, 9.17) is 9.97 Å². The van der Waals surface area contributed by atoms with Crippen LogP contribution in [0.2, 0.25) is 0 Å². The zero-order valence-electron chi connectivity index (χ0n) is 26.9. The van der Waals surface area contributed by atoms with E-state index in [0.717, 1.165) is 39.5 Å². The summed E-state index contributed by atoms with van der Waals surface area (Å²) in [4.78, 5) is 10.4. The van der Waals surface area contributed by atoms with Gasteiger partial charge in [0.15, 0.2) is 5.82 Å². The van der Waals surface area contributed by atoms with E-state index in [1.54, 1.807) is 0 Å². The van der Waals surface area contributed by atoms with Crippen LogP contribution in [0.4, 0.5) is 0 Å². The molecule has 0 fully saturated rings. The molecule has 0 atom stereocenters. The van der Waals surface area contributed by atoms with E-state index in [9.17, 15) is 0 Å². The molecule has 0 saturated carbocycles. The largest absolute Gasteiger partial charge is 0.228 e. The minimum Gasteiger partial charge on any atom is -0.228 e. The Bertz CT molecular complexity index is 2730. The number of nitrogens with zero attached hydrogens (tertiary/aromatic N) is 2. The minimum absolute atomic E-state index is 0.718. The van der Waals surface area contributed by atoms with E-state index < -0.39 is 0 Å². The Hall–Kier alpha value is -5.94. The van der Waals surface area contributed by atoms with Crippen LogP contribution in [0.25, 0.3) is 96.5 Å². The van der Waals surface area contributed by atoms with Crippen molar-refractivity contribution in [1.29, 1.82) is 0 Å². The van der Waals surface area contributed by atoms with Gasteiger partial charge < -0.3 is 0 Å². The van der Waals surface area contributed by atoms with Crippen molar-refractivity contribution in [3.63, 3.8) is 0 Å². The number of rotatable bonds is 5. The molecule has 2 nitrogen and oxygen atoms in total. The highest BCUT2D eigenvalue weighted by Gasteiger charge is 2.15. The van der Waals surface area contributed by atoms with E-state index in [0.29, 0.717) is 0 Å². The van der Waals surface area contributed by atoms with Crippen molar-refractivity contribution in [1.82, 2.24) is 9.97 Å². The Morgan fingerprint density at radius 2 is 0.720 bits per heavy atom. The lowest BCUT2D eigenvalue weighted by Gasteiger charge is -2.11. The third kappa shape index (κ3) is 5.09. The van der Waals surface area contributed by atoms with Crippen LogP contribution >= 0.6 is 22.7 Å². The molecule has 0 spiro atoms. The molecule has 0 N–H and O–H groups in total. The van der Waals surface area contributed by atoms with E-state index >= 15 is 0 Å². The first-order valence-electron chi connectivity index (χ1n) is 16.7. The summed E-state index contributed by atoms with van der Waals surface area (Å²) in [5, 5.41) is 5.17. The van der Waals surface area contributed by atoms with Gasteiger partial charge in [-0.15, -0.1) is 22.7 Å². The summed E-state index contributed by atoms with van der Waals surface area (Å²) in [6.07, 6.45) is 0. The van der Waals surface area contributed by atoms with Crippen molar-refractivity contribution in [2.24, 2.45) is 0 Å². The Kier molecular flexibility index (Phi) is 6.90. The fourth-order valence-corrected chi connectivity index (χ4v) is 9.25. The predicted octanol–water partition coefficient (Wildman–Crippen LogP) is 13.5. The molecule has 0 bridgehead atoms. The number of aromatic nitrogens is 2. The van der Waals surface area contributed by atoms with Crippen molar-refractivity contribution >= 4 is 63.0 Å². The molecule has 0 unspecified atom stereocenters. The standard InChI is InChI=1S/C46H28N2S2/c1-2-9-29(10-3-1)32-11-8-12-33(25-32)30-17-19-31(20-18-30)46-47-40(34-21-23-38-36-13-4-6-15-42(36)49-44(38)26-34)28-41(48-46)35-22-24-39-37-14-5-7-16-43(37)50-45(39)27-35/h1-28H. The maximum Gasteiger partial charge on any atom is 0.160 e. The van der Waals surface area contributed by atoms with Crippen LogP contribution in [0.3, 0.4) is 0 Å². The fraction of sp³-hybridized carbons (Fsp3) is 0. The summed E-state index contributed by atoms with van der Waals surface area (Å²) in [5.74, 6) is 0.718. The van der Waals surface area contributed by atoms with Gasteiger partial charge in [0, 0.05) is 57.0 Å². The first-order chi connectivity index (χ1) is 24.7. The molecule has 234 valence electrons. The van der Waals surface area contributed by atoms with E-state index in [-0.39, 0.29) is 0 Å². The highest BCUT2D eigenvalue weighted by atomic mass is 32.1. The summed E-state index contributed by atoms with van der Waals surface area (Å²) >= 11 is 3.66. The highest BCUT2D eigenvalue weighted by Crippen LogP contribution is 2.39. The van der Waals surface area contributed by atoms with E-state index in [1.807, 2.05) is 22.7 Å². The maximum absolute atomic E-state index is 5.21. The maximum atomic E-state index is 5.21. The van der Waals surface area contributed by atoms with Gasteiger partial charge >= 0.3 is 0 Å². The summed E-state index contributed by atoms with van der Waals surface area (Å²) in [6.45, 7) is 0. The molecule has 4 heteroatoms. The number of benzene rings is 7. The zero-order valence-corrected chi connectivity index (χ0v) is 28.5. The lowest BCUT2D eigenvalue weighted by Crippen LogP contribution is -1.96. The van der Waals surface area contributed by atoms with Crippen molar-refractivity contribution in [3.05, 3.63) is 170 Å². The predicted molar refractivity (Wildman–Crippen MR) is 215 cm³/mol. The lowest BCUT2D eigenvalue weighted by molar-refractivity contribution is 1.18. The first kappa shape index (κ1) is 29.0. The minimum atomic E-state index is 0.718. The monoisotopic (exact) mass is 672 g/mol. The van der Waals surface area contributed by atoms with Gasteiger partial charge in [-0.3, -0.25) is 0 Å². The Balaban J connectivity index is 1.09. The average Bonchev–Trinajstić information content (AvgIpc) is 3.76. The molecular weight excluding hydrogens is 645 g/mol. The Labute approximate surface area is 297 Å². The van der Waals surface area contributed by atoms with Crippen LogP contribution in [0, 0.1) is 0 Å². The van der Waals surface area contributed by atoms with Crippen LogP contribution < -0.4 is 0 Å². The zero-order chi connectivity index (χ0) is 33.0. The van der Waals surface area contributed by atoms with Crippen LogP contribution in [-0.2, 0) is 0 Å². The van der Waals surface area contributed by atoms with Crippen molar-refractivity contribution in [2.75, 3.05) is 0 Å².